The van der Waals surface area contributed by atoms with Crippen LogP contribution in [0.3, 0.4) is 0 Å². The number of carbonyl (C=O) groups excluding carboxylic acids is 1. The first-order valence-corrected chi connectivity index (χ1v) is 7.04. The molecule has 0 radical (unpaired) electrons. The molecule has 2 atom stereocenters. The first-order chi connectivity index (χ1) is 9.70. The summed E-state index contributed by atoms with van der Waals surface area (Å²) in [6.07, 6.45) is 4.73. The predicted octanol–water partition coefficient (Wildman–Crippen LogP) is 3.95. The molecule has 1 fully saturated rings. The van der Waals surface area contributed by atoms with Gasteiger partial charge in [-0.15, -0.1) is 0 Å². The number of fused-ring (bicyclic) bond motifs is 1. The van der Waals surface area contributed by atoms with Crippen molar-refractivity contribution >= 4 is 16.9 Å². The van der Waals surface area contributed by atoms with E-state index in [2.05, 4.69) is 4.98 Å². The fraction of sp³-hybridized carbons (Fsp3) is 0.438. The van der Waals surface area contributed by atoms with Crippen LogP contribution in [0.15, 0.2) is 24.4 Å². The first kappa shape index (κ1) is 13.2. The average Bonchev–Trinajstić information content (AvgIpc) is 2.90. The minimum Gasteiger partial charge on any atom is -0.465 e. The van der Waals surface area contributed by atoms with Gasteiger partial charge in [0.25, 0.3) is 0 Å². The van der Waals surface area contributed by atoms with E-state index in [-0.39, 0.29) is 11.9 Å². The van der Waals surface area contributed by atoms with Crippen LogP contribution in [0.2, 0.25) is 0 Å². The SMILES string of the molecule is COC(=O)c1ccc2c(C3CCCCC3F)c[nH]c2c1. The quantitative estimate of drug-likeness (QED) is 0.843. The monoisotopic (exact) mass is 275 g/mol. The number of esters is 1. The number of hydrogen-bond acceptors (Lipinski definition) is 2. The molecule has 20 heavy (non-hydrogen) atoms. The van der Waals surface area contributed by atoms with Gasteiger partial charge >= 0.3 is 5.97 Å². The Bertz CT molecular complexity index is 634. The van der Waals surface area contributed by atoms with Gasteiger partial charge in [0.2, 0.25) is 0 Å². The molecular formula is C16H18FNO2. The van der Waals surface area contributed by atoms with Gasteiger partial charge in [-0.25, -0.2) is 9.18 Å². The Morgan fingerprint density at radius 1 is 1.35 bits per heavy atom. The lowest BCUT2D eigenvalue weighted by Crippen LogP contribution is -2.18. The van der Waals surface area contributed by atoms with E-state index in [9.17, 15) is 9.18 Å². The summed E-state index contributed by atoms with van der Waals surface area (Å²) in [7, 11) is 1.36. The number of methoxy groups -OCH3 is 1. The van der Waals surface area contributed by atoms with Gasteiger partial charge in [-0.1, -0.05) is 18.9 Å². The van der Waals surface area contributed by atoms with E-state index in [1.807, 2.05) is 12.3 Å². The van der Waals surface area contributed by atoms with Crippen LogP contribution >= 0.6 is 0 Å². The van der Waals surface area contributed by atoms with Crippen molar-refractivity contribution in [3.05, 3.63) is 35.5 Å². The predicted molar refractivity (Wildman–Crippen MR) is 75.7 cm³/mol. The molecule has 4 heteroatoms. The second kappa shape index (κ2) is 5.27. The second-order valence-corrected chi connectivity index (χ2v) is 5.40. The van der Waals surface area contributed by atoms with Crippen molar-refractivity contribution in [1.29, 1.82) is 0 Å². The van der Waals surface area contributed by atoms with Crippen LogP contribution in [0, 0.1) is 0 Å². The van der Waals surface area contributed by atoms with E-state index in [0.29, 0.717) is 12.0 Å². The summed E-state index contributed by atoms with van der Waals surface area (Å²) in [6, 6.07) is 5.39. The molecule has 1 heterocycles. The van der Waals surface area contributed by atoms with Crippen molar-refractivity contribution in [2.75, 3.05) is 7.11 Å². The molecule has 2 aromatic rings. The highest BCUT2D eigenvalue weighted by molar-refractivity contribution is 5.95. The highest BCUT2D eigenvalue weighted by Gasteiger charge is 2.28. The summed E-state index contributed by atoms with van der Waals surface area (Å²) in [6.45, 7) is 0. The van der Waals surface area contributed by atoms with Gasteiger partial charge in [0.15, 0.2) is 0 Å². The molecule has 2 unspecified atom stereocenters. The molecule has 1 N–H and O–H groups in total. The summed E-state index contributed by atoms with van der Waals surface area (Å²) in [4.78, 5) is 14.7. The first-order valence-electron chi connectivity index (χ1n) is 7.04. The van der Waals surface area contributed by atoms with Crippen LogP contribution in [0.5, 0.6) is 0 Å². The lowest BCUT2D eigenvalue weighted by Gasteiger charge is -2.25. The maximum atomic E-state index is 14.1. The second-order valence-electron chi connectivity index (χ2n) is 5.40. The lowest BCUT2D eigenvalue weighted by molar-refractivity contribution is 0.0601. The molecule has 0 amide bonds. The number of aromatic nitrogens is 1. The Morgan fingerprint density at radius 3 is 2.90 bits per heavy atom. The minimum absolute atomic E-state index is 0.0264. The number of benzene rings is 1. The van der Waals surface area contributed by atoms with E-state index in [1.54, 1.807) is 12.1 Å². The molecule has 3 rings (SSSR count). The number of carbonyl (C=O) groups is 1. The third-order valence-corrected chi connectivity index (χ3v) is 4.22. The van der Waals surface area contributed by atoms with Gasteiger partial charge in [-0.05, 0) is 30.5 Å². The molecule has 0 spiro atoms. The van der Waals surface area contributed by atoms with E-state index >= 15 is 0 Å². The van der Waals surface area contributed by atoms with E-state index in [1.165, 1.54) is 7.11 Å². The van der Waals surface area contributed by atoms with Gasteiger partial charge in [-0.2, -0.15) is 0 Å². The summed E-state index contributed by atoms with van der Waals surface area (Å²) >= 11 is 0. The number of H-pyrrole nitrogens is 1. The zero-order chi connectivity index (χ0) is 14.1. The number of hydrogen-bond donors (Lipinski definition) is 1. The van der Waals surface area contributed by atoms with Gasteiger partial charge in [0.1, 0.15) is 6.17 Å². The zero-order valence-electron chi connectivity index (χ0n) is 11.5. The zero-order valence-corrected chi connectivity index (χ0v) is 11.5. The summed E-state index contributed by atoms with van der Waals surface area (Å²) in [5, 5.41) is 1.01. The molecule has 0 bridgehead atoms. The Labute approximate surface area is 117 Å². The number of aromatic amines is 1. The molecular weight excluding hydrogens is 257 g/mol. The Hall–Kier alpha value is -1.84. The molecule has 0 aliphatic heterocycles. The van der Waals surface area contributed by atoms with Crippen molar-refractivity contribution in [3.8, 4) is 0 Å². The smallest absolute Gasteiger partial charge is 0.337 e. The number of alkyl halides is 1. The molecule has 1 aromatic carbocycles. The van der Waals surface area contributed by atoms with E-state index < -0.39 is 6.17 Å². The van der Waals surface area contributed by atoms with Crippen molar-refractivity contribution in [1.82, 2.24) is 4.98 Å². The molecule has 1 aliphatic rings. The molecule has 106 valence electrons. The molecule has 1 aliphatic carbocycles. The van der Waals surface area contributed by atoms with Crippen LogP contribution in [-0.4, -0.2) is 24.2 Å². The molecule has 1 aromatic heterocycles. The van der Waals surface area contributed by atoms with Crippen LogP contribution in [-0.2, 0) is 4.74 Å². The highest BCUT2D eigenvalue weighted by Crippen LogP contribution is 2.38. The molecule has 1 saturated carbocycles. The summed E-state index contributed by atoms with van der Waals surface area (Å²) in [5.74, 6) is -0.384. The largest absolute Gasteiger partial charge is 0.465 e. The number of nitrogens with one attached hydrogen (secondary N) is 1. The van der Waals surface area contributed by atoms with Crippen LogP contribution in [0.4, 0.5) is 4.39 Å². The van der Waals surface area contributed by atoms with Crippen molar-refractivity contribution in [2.45, 2.75) is 37.8 Å². The fourth-order valence-electron chi connectivity index (χ4n) is 3.14. The molecule has 0 saturated heterocycles. The number of halogens is 1. The lowest BCUT2D eigenvalue weighted by atomic mass is 9.82. The van der Waals surface area contributed by atoms with Crippen molar-refractivity contribution in [3.63, 3.8) is 0 Å². The molecule has 3 nitrogen and oxygen atoms in total. The van der Waals surface area contributed by atoms with Gasteiger partial charge in [0.05, 0.1) is 12.7 Å². The van der Waals surface area contributed by atoms with Gasteiger partial charge in [0, 0.05) is 23.0 Å². The maximum absolute atomic E-state index is 14.1. The fourth-order valence-corrected chi connectivity index (χ4v) is 3.14. The normalized spacial score (nSPS) is 22.9. The van der Waals surface area contributed by atoms with E-state index in [0.717, 1.165) is 35.7 Å². The van der Waals surface area contributed by atoms with Crippen LogP contribution in [0.25, 0.3) is 10.9 Å². The minimum atomic E-state index is -0.761. The van der Waals surface area contributed by atoms with Gasteiger partial charge in [-0.3, -0.25) is 0 Å². The highest BCUT2D eigenvalue weighted by atomic mass is 19.1. The van der Waals surface area contributed by atoms with Crippen molar-refractivity contribution < 1.29 is 13.9 Å². The summed E-state index contributed by atoms with van der Waals surface area (Å²) < 4.78 is 18.8. The Kier molecular flexibility index (Phi) is 3.47. The third kappa shape index (κ3) is 2.19. The maximum Gasteiger partial charge on any atom is 0.337 e. The van der Waals surface area contributed by atoms with Crippen molar-refractivity contribution in [2.24, 2.45) is 0 Å². The topological polar surface area (TPSA) is 42.1 Å². The summed E-state index contributed by atoms with van der Waals surface area (Å²) in [5.41, 5.74) is 2.40. The average molecular weight is 275 g/mol. The third-order valence-electron chi connectivity index (χ3n) is 4.22. The number of ether oxygens (including phenoxy) is 1. The Balaban J connectivity index is 1.99. The number of rotatable bonds is 2. The standard InChI is InChI=1S/C16H18FNO2/c1-20-16(19)10-6-7-12-13(9-18-15(12)8-10)11-4-2-3-5-14(11)17/h6-9,11,14,18H,2-5H2,1H3. The van der Waals surface area contributed by atoms with Gasteiger partial charge < -0.3 is 9.72 Å². The van der Waals surface area contributed by atoms with E-state index in [4.69, 9.17) is 4.74 Å². The van der Waals surface area contributed by atoms with Crippen LogP contribution in [0.1, 0.15) is 47.5 Å². The Morgan fingerprint density at radius 2 is 2.15 bits per heavy atom. The van der Waals surface area contributed by atoms with Crippen LogP contribution < -0.4 is 0 Å².